The fourth-order valence-corrected chi connectivity index (χ4v) is 8.28. The lowest BCUT2D eigenvalue weighted by molar-refractivity contribution is -0.00877. The van der Waals surface area contributed by atoms with Crippen LogP contribution in [-0.2, 0) is 11.3 Å². The van der Waals surface area contributed by atoms with Crippen molar-refractivity contribution in [3.05, 3.63) is 66.2 Å². The van der Waals surface area contributed by atoms with Crippen LogP contribution in [0.15, 0.2) is 55.1 Å². The number of aromatic nitrogens is 4. The highest BCUT2D eigenvalue weighted by Gasteiger charge is 2.45. The van der Waals surface area contributed by atoms with Crippen LogP contribution >= 0.6 is 0 Å². The summed E-state index contributed by atoms with van der Waals surface area (Å²) < 4.78 is 18.9. The van der Waals surface area contributed by atoms with Crippen molar-refractivity contribution in [2.45, 2.75) is 76.3 Å². The van der Waals surface area contributed by atoms with E-state index in [-0.39, 0.29) is 6.09 Å². The number of pyridine rings is 3. The molecule has 4 aromatic heterocycles. The van der Waals surface area contributed by atoms with E-state index < -0.39 is 5.60 Å². The smallest absolute Gasteiger partial charge is 0.410 e. The first kappa shape index (κ1) is 33.2. The second-order valence-corrected chi connectivity index (χ2v) is 15.1. The molecule has 1 amide bonds. The molecule has 0 N–H and O–H groups in total. The summed E-state index contributed by atoms with van der Waals surface area (Å²) in [6.45, 7) is 11.1. The first-order chi connectivity index (χ1) is 24.7. The zero-order valence-electron chi connectivity index (χ0n) is 29.7. The molecule has 13 heteroatoms. The molecule has 266 valence electrons. The maximum absolute atomic E-state index is 12.7. The Bertz CT molecular complexity index is 1910. The third-order valence-electron chi connectivity index (χ3n) is 10.7. The Morgan fingerprint density at radius 1 is 0.961 bits per heavy atom. The van der Waals surface area contributed by atoms with Gasteiger partial charge in [-0.1, -0.05) is 6.07 Å². The van der Waals surface area contributed by atoms with Crippen LogP contribution < -0.4 is 14.4 Å². The van der Waals surface area contributed by atoms with Gasteiger partial charge in [0.05, 0.1) is 30.6 Å². The topological polar surface area (TPSA) is 125 Å². The lowest BCUT2D eigenvalue weighted by Gasteiger charge is -2.56. The van der Waals surface area contributed by atoms with Gasteiger partial charge in [-0.3, -0.25) is 9.80 Å². The summed E-state index contributed by atoms with van der Waals surface area (Å²) in [4.78, 5) is 31.3. The summed E-state index contributed by atoms with van der Waals surface area (Å²) in [5.41, 5.74) is 3.68. The lowest BCUT2D eigenvalue weighted by atomic mass is 9.87. The largest absolute Gasteiger partial charge is 0.491 e. The number of nitriles is 1. The van der Waals surface area contributed by atoms with Crippen LogP contribution in [0.4, 0.5) is 10.6 Å². The number of anilines is 1. The average Bonchev–Trinajstić information content (AvgIpc) is 3.65. The number of likely N-dealkylation sites (tertiary alicyclic amines) is 1. The molecule has 2 unspecified atom stereocenters. The molecule has 4 atom stereocenters. The number of fused-ring (bicyclic) bond motifs is 5. The number of hydrogen-bond acceptors (Lipinski definition) is 11. The van der Waals surface area contributed by atoms with E-state index in [1.54, 1.807) is 17.8 Å². The van der Waals surface area contributed by atoms with Gasteiger partial charge >= 0.3 is 6.09 Å². The van der Waals surface area contributed by atoms with Crippen LogP contribution in [0, 0.1) is 11.3 Å². The molecule has 5 aliphatic rings. The van der Waals surface area contributed by atoms with E-state index in [9.17, 15) is 10.1 Å². The normalized spacial score (nSPS) is 23.2. The Morgan fingerprint density at radius 3 is 2.39 bits per heavy atom. The molecular formula is C38H45N9O4. The van der Waals surface area contributed by atoms with Crippen molar-refractivity contribution in [1.82, 2.24) is 34.3 Å². The first-order valence-electron chi connectivity index (χ1n) is 17.9. The fraction of sp³-hybridized carbons (Fsp3) is 0.500. The molecule has 4 bridgehead atoms. The van der Waals surface area contributed by atoms with Gasteiger partial charge in [0, 0.05) is 93.0 Å². The van der Waals surface area contributed by atoms with Gasteiger partial charge < -0.3 is 24.0 Å². The van der Waals surface area contributed by atoms with Crippen LogP contribution in [0.2, 0.25) is 0 Å². The molecule has 0 aliphatic carbocycles. The summed E-state index contributed by atoms with van der Waals surface area (Å²) in [7, 11) is 1.64. The third-order valence-corrected chi connectivity index (χ3v) is 10.7. The van der Waals surface area contributed by atoms with Crippen molar-refractivity contribution in [2.75, 3.05) is 51.3 Å². The van der Waals surface area contributed by atoms with E-state index in [0.29, 0.717) is 61.1 Å². The molecule has 0 radical (unpaired) electrons. The standard InChI is InChI=1S/C38H45N9O4/c1-38(2,3)51-37(48)44-20-28-7-8-29(21-44)45(28)11-12-50-32-14-33(36-27(15-39)18-42-47(36)24-32)26-6-9-34(40-17-26)43-22-30-13-31(23-43)46(30)19-25-5-10-35(49-4)41-16-25/h5-6,9-10,14,16-18,24,28-31H,7-8,11-13,19-23H2,1-4H3/t28-,29+,30?,31?. The summed E-state index contributed by atoms with van der Waals surface area (Å²) in [5.74, 6) is 2.27. The van der Waals surface area contributed by atoms with Crippen LogP contribution in [-0.4, -0.2) is 117 Å². The number of amides is 1. The second kappa shape index (κ2) is 13.3. The number of rotatable bonds is 9. The summed E-state index contributed by atoms with van der Waals surface area (Å²) in [5, 5.41) is 14.4. The number of methoxy groups -OCH3 is 1. The zero-order valence-corrected chi connectivity index (χ0v) is 29.7. The minimum atomic E-state index is -0.504. The minimum Gasteiger partial charge on any atom is -0.491 e. The Kier molecular flexibility index (Phi) is 8.68. The lowest BCUT2D eigenvalue weighted by Crippen LogP contribution is -2.68. The van der Waals surface area contributed by atoms with Crippen LogP contribution in [0.3, 0.4) is 0 Å². The van der Waals surface area contributed by atoms with E-state index in [1.165, 1.54) is 12.0 Å². The summed E-state index contributed by atoms with van der Waals surface area (Å²) in [6.07, 6.45) is 10.3. The third kappa shape index (κ3) is 6.66. The number of hydrogen-bond donors (Lipinski definition) is 0. The summed E-state index contributed by atoms with van der Waals surface area (Å²) >= 11 is 0. The summed E-state index contributed by atoms with van der Waals surface area (Å²) in [6, 6.07) is 14.0. The van der Waals surface area contributed by atoms with Crippen molar-refractivity contribution in [2.24, 2.45) is 0 Å². The molecule has 0 spiro atoms. The minimum absolute atomic E-state index is 0.229. The highest BCUT2D eigenvalue weighted by atomic mass is 16.6. The molecule has 9 heterocycles. The molecule has 0 saturated carbocycles. The Hall–Kier alpha value is -4.93. The Morgan fingerprint density at radius 2 is 1.75 bits per heavy atom. The van der Waals surface area contributed by atoms with Crippen molar-refractivity contribution < 1.29 is 19.0 Å². The fourth-order valence-electron chi connectivity index (χ4n) is 8.28. The predicted molar refractivity (Wildman–Crippen MR) is 191 cm³/mol. The van der Waals surface area contributed by atoms with Gasteiger partial charge in [-0.25, -0.2) is 19.3 Å². The van der Waals surface area contributed by atoms with Crippen molar-refractivity contribution in [3.8, 4) is 28.8 Å². The molecule has 5 fully saturated rings. The maximum atomic E-state index is 12.7. The van der Waals surface area contributed by atoms with Crippen LogP contribution in [0.1, 0.15) is 51.2 Å². The van der Waals surface area contributed by atoms with Gasteiger partial charge in [0.2, 0.25) is 5.88 Å². The van der Waals surface area contributed by atoms with Gasteiger partial charge in [-0.2, -0.15) is 10.4 Å². The SMILES string of the molecule is COc1ccc(CN2C3CC2CN(c2ccc(-c4cc(OCCN5[C@@H]6CC[C@H]5CN(C(=O)OC(C)(C)C)C6)cn5ncc(C#N)c45)cn2)C3)cn1. The van der Waals surface area contributed by atoms with Gasteiger partial charge in [-0.05, 0) is 63.8 Å². The number of piperidine rings is 1. The van der Waals surface area contributed by atoms with Crippen molar-refractivity contribution in [1.29, 1.82) is 5.26 Å². The first-order valence-corrected chi connectivity index (χ1v) is 17.9. The van der Waals surface area contributed by atoms with Crippen molar-refractivity contribution >= 4 is 17.4 Å². The number of nitrogens with zero attached hydrogens (tertiary/aromatic N) is 9. The number of carbonyl (C=O) groups is 1. The van der Waals surface area contributed by atoms with E-state index in [2.05, 4.69) is 49.1 Å². The Balaban J connectivity index is 0.920. The van der Waals surface area contributed by atoms with Gasteiger partial charge in [0.15, 0.2) is 0 Å². The number of ether oxygens (including phenoxy) is 3. The zero-order chi connectivity index (χ0) is 35.3. The van der Waals surface area contributed by atoms with Gasteiger partial charge in [0.1, 0.15) is 29.8 Å². The molecule has 0 aromatic carbocycles. The molecule has 5 saturated heterocycles. The molecule has 5 aliphatic heterocycles. The van der Waals surface area contributed by atoms with Crippen LogP contribution in [0.5, 0.6) is 11.6 Å². The molecular weight excluding hydrogens is 646 g/mol. The number of carbonyl (C=O) groups excluding carboxylic acids is 1. The second-order valence-electron chi connectivity index (χ2n) is 15.1. The average molecular weight is 692 g/mol. The van der Waals surface area contributed by atoms with Gasteiger partial charge in [-0.15, -0.1) is 0 Å². The molecule has 51 heavy (non-hydrogen) atoms. The van der Waals surface area contributed by atoms with E-state index in [0.717, 1.165) is 61.5 Å². The van der Waals surface area contributed by atoms with Crippen molar-refractivity contribution in [3.63, 3.8) is 0 Å². The molecule has 13 nitrogen and oxygen atoms in total. The quantitative estimate of drug-likeness (QED) is 0.245. The monoisotopic (exact) mass is 691 g/mol. The molecule has 9 rings (SSSR count). The predicted octanol–water partition coefficient (Wildman–Crippen LogP) is 4.60. The van der Waals surface area contributed by atoms with Gasteiger partial charge in [0.25, 0.3) is 0 Å². The van der Waals surface area contributed by atoms with E-state index >= 15 is 0 Å². The van der Waals surface area contributed by atoms with E-state index in [1.807, 2.05) is 56.4 Å². The van der Waals surface area contributed by atoms with E-state index in [4.69, 9.17) is 19.2 Å². The number of piperazine rings is 2. The molecule has 4 aromatic rings. The Labute approximate surface area is 298 Å². The maximum Gasteiger partial charge on any atom is 0.410 e. The van der Waals surface area contributed by atoms with Crippen LogP contribution in [0.25, 0.3) is 16.6 Å². The highest BCUT2D eigenvalue weighted by molar-refractivity contribution is 5.85. The highest BCUT2D eigenvalue weighted by Crippen LogP contribution is 2.37.